The second-order valence-corrected chi connectivity index (χ2v) is 4.44. The maximum Gasteiger partial charge on any atom is 0.221 e. The van der Waals surface area contributed by atoms with E-state index in [-0.39, 0.29) is 11.4 Å². The molecule has 0 spiro atoms. The summed E-state index contributed by atoms with van der Waals surface area (Å²) in [6.07, 6.45) is 0.608. The molecule has 1 aromatic carbocycles. The lowest BCUT2D eigenvalue weighted by Crippen LogP contribution is -2.38. The summed E-state index contributed by atoms with van der Waals surface area (Å²) >= 11 is 0. The number of rotatable bonds is 1. The van der Waals surface area contributed by atoms with Crippen LogP contribution in [0.25, 0.3) is 0 Å². The fourth-order valence-electron chi connectivity index (χ4n) is 2.16. The molecule has 1 amide bonds. The Morgan fingerprint density at radius 1 is 1.29 bits per heavy atom. The van der Waals surface area contributed by atoms with Gasteiger partial charge in [-0.3, -0.25) is 4.79 Å². The third-order valence-corrected chi connectivity index (χ3v) is 2.92. The van der Waals surface area contributed by atoms with Gasteiger partial charge in [-0.1, -0.05) is 30.3 Å². The predicted octanol–water partition coefficient (Wildman–Crippen LogP) is 2.07. The Balaban J connectivity index is 2.32. The van der Waals surface area contributed by atoms with Crippen LogP contribution in [0.5, 0.6) is 0 Å². The summed E-state index contributed by atoms with van der Waals surface area (Å²) in [4.78, 5) is 11.3. The number of carbonyl (C=O) groups is 1. The van der Waals surface area contributed by atoms with E-state index in [9.17, 15) is 4.79 Å². The molecule has 2 heteroatoms. The normalized spacial score (nSPS) is 24.7. The topological polar surface area (TPSA) is 29.1 Å². The maximum absolute atomic E-state index is 11.3. The molecule has 1 saturated heterocycles. The Morgan fingerprint density at radius 2 is 1.93 bits per heavy atom. The van der Waals surface area contributed by atoms with Crippen molar-refractivity contribution in [1.29, 1.82) is 0 Å². The highest BCUT2D eigenvalue weighted by Gasteiger charge is 2.39. The molecule has 1 N–H and O–H groups in total. The molecule has 1 aliphatic heterocycles. The Bertz CT molecular complexity index is 343. The smallest absolute Gasteiger partial charge is 0.221 e. The summed E-state index contributed by atoms with van der Waals surface area (Å²) in [6, 6.07) is 10.2. The van der Waals surface area contributed by atoms with Gasteiger partial charge < -0.3 is 5.32 Å². The number of benzene rings is 1. The van der Waals surface area contributed by atoms with E-state index >= 15 is 0 Å². The molecular formula is C12H15NO. The van der Waals surface area contributed by atoms with E-state index in [1.807, 2.05) is 18.2 Å². The fraction of sp³-hybridized carbons (Fsp3) is 0.417. The van der Waals surface area contributed by atoms with Gasteiger partial charge in [-0.25, -0.2) is 0 Å². The van der Waals surface area contributed by atoms with E-state index in [1.54, 1.807) is 0 Å². The molecule has 0 unspecified atom stereocenters. The van der Waals surface area contributed by atoms with Gasteiger partial charge in [-0.15, -0.1) is 0 Å². The van der Waals surface area contributed by atoms with E-state index in [0.717, 1.165) is 0 Å². The highest BCUT2D eigenvalue weighted by molar-refractivity contribution is 5.81. The summed E-state index contributed by atoms with van der Waals surface area (Å²) in [6.45, 7) is 4.16. The standard InChI is InChI=1S/C12H15NO/c1-12(2)10(8-11(14)13-12)9-6-4-3-5-7-9/h3-7,10H,8H2,1-2H3,(H,13,14)/t10-/m1/s1. The zero-order chi connectivity index (χ0) is 10.2. The molecule has 0 bridgehead atoms. The molecule has 0 aromatic heterocycles. The molecule has 1 atom stereocenters. The highest BCUT2D eigenvalue weighted by atomic mass is 16.2. The van der Waals surface area contributed by atoms with Gasteiger partial charge in [0, 0.05) is 17.9 Å². The number of hydrogen-bond acceptors (Lipinski definition) is 1. The zero-order valence-electron chi connectivity index (χ0n) is 8.58. The van der Waals surface area contributed by atoms with Crippen molar-refractivity contribution in [3.05, 3.63) is 35.9 Å². The average Bonchev–Trinajstić information content (AvgIpc) is 2.41. The van der Waals surface area contributed by atoms with Crippen molar-refractivity contribution in [2.45, 2.75) is 31.7 Å². The SMILES string of the molecule is CC1(C)NC(=O)C[C@@H]1c1ccccc1. The summed E-state index contributed by atoms with van der Waals surface area (Å²) in [5.41, 5.74) is 1.13. The molecule has 14 heavy (non-hydrogen) atoms. The van der Waals surface area contributed by atoms with Gasteiger partial charge >= 0.3 is 0 Å². The van der Waals surface area contributed by atoms with Gasteiger partial charge in [0.1, 0.15) is 0 Å². The van der Waals surface area contributed by atoms with Crippen LogP contribution in [-0.4, -0.2) is 11.4 Å². The molecular weight excluding hydrogens is 174 g/mol. The van der Waals surface area contributed by atoms with Crippen molar-refractivity contribution in [1.82, 2.24) is 5.32 Å². The predicted molar refractivity (Wildman–Crippen MR) is 56.0 cm³/mol. The van der Waals surface area contributed by atoms with Gasteiger partial charge in [0.2, 0.25) is 5.91 Å². The lowest BCUT2D eigenvalue weighted by atomic mass is 9.83. The minimum absolute atomic E-state index is 0.113. The number of amides is 1. The van der Waals surface area contributed by atoms with E-state index in [0.29, 0.717) is 12.3 Å². The number of carbonyl (C=O) groups excluding carboxylic acids is 1. The van der Waals surface area contributed by atoms with Crippen LogP contribution in [0.2, 0.25) is 0 Å². The van der Waals surface area contributed by atoms with Crippen molar-refractivity contribution in [2.24, 2.45) is 0 Å². The molecule has 1 aromatic rings. The third-order valence-electron chi connectivity index (χ3n) is 2.92. The van der Waals surface area contributed by atoms with Crippen LogP contribution >= 0.6 is 0 Å². The second-order valence-electron chi connectivity index (χ2n) is 4.44. The highest BCUT2D eigenvalue weighted by Crippen LogP contribution is 2.35. The van der Waals surface area contributed by atoms with Crippen LogP contribution < -0.4 is 5.32 Å². The van der Waals surface area contributed by atoms with Gasteiger partial charge in [0.15, 0.2) is 0 Å². The molecule has 0 aliphatic carbocycles. The first kappa shape index (κ1) is 9.25. The molecule has 2 rings (SSSR count). The van der Waals surface area contributed by atoms with E-state index in [2.05, 4.69) is 31.3 Å². The zero-order valence-corrected chi connectivity index (χ0v) is 8.58. The monoisotopic (exact) mass is 189 g/mol. The molecule has 74 valence electrons. The van der Waals surface area contributed by atoms with Crippen molar-refractivity contribution < 1.29 is 4.79 Å². The van der Waals surface area contributed by atoms with Crippen LogP contribution in [0.4, 0.5) is 0 Å². The fourth-order valence-corrected chi connectivity index (χ4v) is 2.16. The van der Waals surface area contributed by atoms with Crippen molar-refractivity contribution in [2.75, 3.05) is 0 Å². The number of hydrogen-bond donors (Lipinski definition) is 1. The summed E-state index contributed by atoms with van der Waals surface area (Å²) < 4.78 is 0. The Kier molecular flexibility index (Phi) is 2.06. The molecule has 1 heterocycles. The van der Waals surface area contributed by atoms with Crippen LogP contribution in [0, 0.1) is 0 Å². The maximum atomic E-state index is 11.3. The van der Waals surface area contributed by atoms with Crippen molar-refractivity contribution in [3.8, 4) is 0 Å². The summed E-state index contributed by atoms with van der Waals surface area (Å²) in [5.74, 6) is 0.458. The Hall–Kier alpha value is -1.31. The first-order valence-corrected chi connectivity index (χ1v) is 4.95. The molecule has 0 saturated carbocycles. The van der Waals surface area contributed by atoms with Gasteiger partial charge in [0.05, 0.1) is 0 Å². The average molecular weight is 189 g/mol. The molecule has 2 nitrogen and oxygen atoms in total. The number of nitrogens with one attached hydrogen (secondary N) is 1. The third kappa shape index (κ3) is 1.52. The second kappa shape index (κ2) is 3.12. The first-order valence-electron chi connectivity index (χ1n) is 4.95. The molecule has 0 radical (unpaired) electrons. The molecule has 1 fully saturated rings. The van der Waals surface area contributed by atoms with Gasteiger partial charge in [-0.2, -0.15) is 0 Å². The van der Waals surface area contributed by atoms with Crippen LogP contribution in [0.15, 0.2) is 30.3 Å². The van der Waals surface area contributed by atoms with Crippen molar-refractivity contribution in [3.63, 3.8) is 0 Å². The van der Waals surface area contributed by atoms with Gasteiger partial charge in [0.25, 0.3) is 0 Å². The first-order chi connectivity index (χ1) is 6.59. The molecule has 1 aliphatic rings. The minimum Gasteiger partial charge on any atom is -0.351 e. The van der Waals surface area contributed by atoms with Crippen molar-refractivity contribution >= 4 is 5.91 Å². The lowest BCUT2D eigenvalue weighted by Gasteiger charge is -2.26. The van der Waals surface area contributed by atoms with Gasteiger partial charge in [-0.05, 0) is 19.4 Å². The quantitative estimate of drug-likeness (QED) is 0.720. The van der Waals surface area contributed by atoms with E-state index in [4.69, 9.17) is 0 Å². The Labute approximate surface area is 84.3 Å². The lowest BCUT2D eigenvalue weighted by molar-refractivity contribution is -0.119. The summed E-state index contributed by atoms with van der Waals surface area (Å²) in [7, 11) is 0. The van der Waals surface area contributed by atoms with Crippen LogP contribution in [-0.2, 0) is 4.79 Å². The summed E-state index contributed by atoms with van der Waals surface area (Å²) in [5, 5.41) is 3.00. The largest absolute Gasteiger partial charge is 0.351 e. The van der Waals surface area contributed by atoms with Crippen LogP contribution in [0.1, 0.15) is 31.7 Å². The van der Waals surface area contributed by atoms with Crippen LogP contribution in [0.3, 0.4) is 0 Å². The van der Waals surface area contributed by atoms with E-state index < -0.39 is 0 Å². The Morgan fingerprint density at radius 3 is 2.43 bits per heavy atom. The minimum atomic E-state index is -0.113. The van der Waals surface area contributed by atoms with E-state index in [1.165, 1.54) is 5.56 Å².